The van der Waals surface area contributed by atoms with Gasteiger partial charge in [-0.2, -0.15) is 0 Å². The van der Waals surface area contributed by atoms with Crippen molar-refractivity contribution in [2.75, 3.05) is 19.8 Å². The normalized spacial score (nSPS) is 10.6. The van der Waals surface area contributed by atoms with Gasteiger partial charge in [0.15, 0.2) is 0 Å². The number of rotatable bonds is 9. The lowest BCUT2D eigenvalue weighted by Crippen LogP contribution is -2.27. The Morgan fingerprint density at radius 1 is 1.23 bits per heavy atom. The molecule has 0 saturated carbocycles. The van der Waals surface area contributed by atoms with Crippen LogP contribution >= 0.6 is 0 Å². The molecule has 0 fully saturated rings. The fraction of sp³-hybridized carbons (Fsp3) is 0.412. The van der Waals surface area contributed by atoms with Crippen molar-refractivity contribution in [1.82, 2.24) is 14.9 Å². The molecule has 2 aromatic rings. The van der Waals surface area contributed by atoms with Gasteiger partial charge in [0.05, 0.1) is 12.5 Å². The Kier molecular flexibility index (Phi) is 6.64. The molecule has 0 aliphatic heterocycles. The van der Waals surface area contributed by atoms with E-state index in [-0.39, 0.29) is 5.91 Å². The first-order valence-electron chi connectivity index (χ1n) is 7.76. The van der Waals surface area contributed by atoms with Crippen LogP contribution in [0.2, 0.25) is 0 Å². The molecular formula is C17H23N3O2. The van der Waals surface area contributed by atoms with Crippen LogP contribution in [0.15, 0.2) is 42.9 Å². The van der Waals surface area contributed by atoms with Gasteiger partial charge in [-0.05, 0) is 25.0 Å². The number of nitrogens with zero attached hydrogens (tertiary/aromatic N) is 2. The highest BCUT2D eigenvalue weighted by molar-refractivity contribution is 5.92. The molecule has 0 atom stereocenters. The molecule has 5 nitrogen and oxygen atoms in total. The molecule has 1 N–H and O–H groups in total. The van der Waals surface area contributed by atoms with Gasteiger partial charge in [-0.1, -0.05) is 31.5 Å². The van der Waals surface area contributed by atoms with Crippen LogP contribution in [-0.2, 0) is 4.74 Å². The Morgan fingerprint density at radius 2 is 2.00 bits per heavy atom. The first kappa shape index (κ1) is 16.2. The molecule has 0 bridgehead atoms. The summed E-state index contributed by atoms with van der Waals surface area (Å²) in [6.07, 6.45) is 6.27. The lowest BCUT2D eigenvalue weighted by atomic mass is 10.3. The number of para-hydroxylation sites is 1. The third-order valence-electron chi connectivity index (χ3n) is 3.30. The second kappa shape index (κ2) is 9.00. The second-order valence-electron chi connectivity index (χ2n) is 5.06. The summed E-state index contributed by atoms with van der Waals surface area (Å²) >= 11 is 0. The van der Waals surface area contributed by atoms with Crippen LogP contribution in [-0.4, -0.2) is 35.2 Å². The average molecular weight is 301 g/mol. The smallest absolute Gasteiger partial charge is 0.269 e. The van der Waals surface area contributed by atoms with Gasteiger partial charge in [-0.3, -0.25) is 9.36 Å². The van der Waals surface area contributed by atoms with Crippen LogP contribution in [0, 0.1) is 0 Å². The van der Waals surface area contributed by atoms with E-state index in [2.05, 4.69) is 17.2 Å². The van der Waals surface area contributed by atoms with Gasteiger partial charge in [-0.25, -0.2) is 4.98 Å². The molecular weight excluding hydrogens is 278 g/mol. The van der Waals surface area contributed by atoms with E-state index in [1.165, 1.54) is 0 Å². The van der Waals surface area contributed by atoms with E-state index in [4.69, 9.17) is 4.74 Å². The van der Waals surface area contributed by atoms with E-state index in [1.54, 1.807) is 17.1 Å². The maximum atomic E-state index is 12.2. The van der Waals surface area contributed by atoms with E-state index in [9.17, 15) is 4.79 Å². The molecule has 1 amide bonds. The number of ether oxygens (including phenoxy) is 1. The summed E-state index contributed by atoms with van der Waals surface area (Å²) in [5.41, 5.74) is 1.46. The van der Waals surface area contributed by atoms with Gasteiger partial charge in [0, 0.05) is 25.4 Å². The molecule has 0 aliphatic rings. The molecule has 22 heavy (non-hydrogen) atoms. The standard InChI is InChI=1S/C17H23N3O2/c1-2-3-11-22-12-7-10-19-17(21)16-13-18-14-20(16)15-8-5-4-6-9-15/h4-6,8-9,13-14H,2-3,7,10-12H2,1H3,(H,19,21). The number of unbranched alkanes of at least 4 members (excludes halogenated alkanes) is 1. The van der Waals surface area contributed by atoms with E-state index >= 15 is 0 Å². The highest BCUT2D eigenvalue weighted by atomic mass is 16.5. The quantitative estimate of drug-likeness (QED) is 0.725. The van der Waals surface area contributed by atoms with Crippen molar-refractivity contribution >= 4 is 5.91 Å². The molecule has 0 spiro atoms. The summed E-state index contributed by atoms with van der Waals surface area (Å²) in [6.45, 7) is 4.22. The van der Waals surface area contributed by atoms with E-state index in [1.807, 2.05) is 30.3 Å². The number of imidazole rings is 1. The van der Waals surface area contributed by atoms with E-state index < -0.39 is 0 Å². The Morgan fingerprint density at radius 3 is 2.77 bits per heavy atom. The summed E-state index contributed by atoms with van der Waals surface area (Å²) in [5, 5.41) is 2.91. The number of hydrogen-bond acceptors (Lipinski definition) is 3. The van der Waals surface area contributed by atoms with Crippen LogP contribution in [0.3, 0.4) is 0 Å². The molecule has 0 aliphatic carbocycles. The molecule has 2 rings (SSSR count). The maximum absolute atomic E-state index is 12.2. The van der Waals surface area contributed by atoms with E-state index in [0.717, 1.165) is 31.6 Å². The molecule has 1 aromatic heterocycles. The highest BCUT2D eigenvalue weighted by Crippen LogP contribution is 2.10. The van der Waals surface area contributed by atoms with Gasteiger partial charge >= 0.3 is 0 Å². The largest absolute Gasteiger partial charge is 0.381 e. The minimum Gasteiger partial charge on any atom is -0.381 e. The maximum Gasteiger partial charge on any atom is 0.269 e. The fourth-order valence-corrected chi connectivity index (χ4v) is 2.07. The minimum absolute atomic E-state index is 0.116. The van der Waals surface area contributed by atoms with Crippen LogP contribution in [0.1, 0.15) is 36.7 Å². The molecule has 118 valence electrons. The zero-order chi connectivity index (χ0) is 15.6. The third-order valence-corrected chi connectivity index (χ3v) is 3.30. The van der Waals surface area contributed by atoms with Crippen LogP contribution in [0.5, 0.6) is 0 Å². The van der Waals surface area contributed by atoms with Crippen molar-refractivity contribution in [3.8, 4) is 5.69 Å². The summed E-state index contributed by atoms with van der Waals surface area (Å²) in [6, 6.07) is 9.70. The minimum atomic E-state index is -0.116. The zero-order valence-corrected chi connectivity index (χ0v) is 13.0. The number of nitrogens with one attached hydrogen (secondary N) is 1. The molecule has 0 radical (unpaired) electrons. The second-order valence-corrected chi connectivity index (χ2v) is 5.06. The number of aromatic nitrogens is 2. The third kappa shape index (κ3) is 4.70. The molecule has 0 saturated heterocycles. The van der Waals surface area contributed by atoms with Crippen molar-refractivity contribution in [1.29, 1.82) is 0 Å². The Bertz CT molecular complexity index is 566. The van der Waals surface area contributed by atoms with Crippen molar-refractivity contribution < 1.29 is 9.53 Å². The van der Waals surface area contributed by atoms with Crippen molar-refractivity contribution in [2.45, 2.75) is 26.2 Å². The van der Waals surface area contributed by atoms with Crippen molar-refractivity contribution in [3.05, 3.63) is 48.5 Å². The first-order valence-corrected chi connectivity index (χ1v) is 7.76. The Labute approximate surface area is 131 Å². The van der Waals surface area contributed by atoms with Crippen LogP contribution in [0.25, 0.3) is 5.69 Å². The molecule has 1 aromatic carbocycles. The predicted octanol–water partition coefficient (Wildman–Crippen LogP) is 2.81. The van der Waals surface area contributed by atoms with Gasteiger partial charge in [0.1, 0.15) is 5.69 Å². The monoisotopic (exact) mass is 301 g/mol. The number of hydrogen-bond donors (Lipinski definition) is 1. The molecule has 5 heteroatoms. The van der Waals surface area contributed by atoms with Gasteiger partial charge in [0.25, 0.3) is 5.91 Å². The number of amides is 1. The van der Waals surface area contributed by atoms with E-state index in [0.29, 0.717) is 18.8 Å². The number of carbonyl (C=O) groups excluding carboxylic acids is 1. The van der Waals surface area contributed by atoms with Gasteiger partial charge in [-0.15, -0.1) is 0 Å². The summed E-state index contributed by atoms with van der Waals surface area (Å²) in [5.74, 6) is -0.116. The fourth-order valence-electron chi connectivity index (χ4n) is 2.07. The zero-order valence-electron chi connectivity index (χ0n) is 13.0. The number of benzene rings is 1. The number of carbonyl (C=O) groups is 1. The Hall–Kier alpha value is -2.14. The highest BCUT2D eigenvalue weighted by Gasteiger charge is 2.12. The van der Waals surface area contributed by atoms with Crippen molar-refractivity contribution in [2.24, 2.45) is 0 Å². The van der Waals surface area contributed by atoms with Crippen LogP contribution < -0.4 is 5.32 Å². The lowest BCUT2D eigenvalue weighted by molar-refractivity contribution is 0.0934. The summed E-state index contributed by atoms with van der Waals surface area (Å²) in [7, 11) is 0. The van der Waals surface area contributed by atoms with Crippen molar-refractivity contribution in [3.63, 3.8) is 0 Å². The molecule has 1 heterocycles. The molecule has 0 unspecified atom stereocenters. The Balaban J connectivity index is 1.80. The van der Waals surface area contributed by atoms with Crippen LogP contribution in [0.4, 0.5) is 0 Å². The van der Waals surface area contributed by atoms with Gasteiger partial charge < -0.3 is 10.1 Å². The summed E-state index contributed by atoms with van der Waals surface area (Å²) in [4.78, 5) is 16.3. The summed E-state index contributed by atoms with van der Waals surface area (Å²) < 4.78 is 7.26. The predicted molar refractivity (Wildman–Crippen MR) is 86.2 cm³/mol. The van der Waals surface area contributed by atoms with Gasteiger partial charge in [0.2, 0.25) is 0 Å². The SMILES string of the molecule is CCCCOCCCNC(=O)c1cncn1-c1ccccc1. The first-order chi connectivity index (χ1) is 10.8. The lowest BCUT2D eigenvalue weighted by Gasteiger charge is -2.09. The average Bonchev–Trinajstić information content (AvgIpc) is 3.04. The topological polar surface area (TPSA) is 56.1 Å².